The van der Waals surface area contributed by atoms with Gasteiger partial charge in [0.25, 0.3) is 0 Å². The molecule has 0 saturated carbocycles. The van der Waals surface area contributed by atoms with Crippen LogP contribution in [0, 0.1) is 0 Å². The van der Waals surface area contributed by atoms with Gasteiger partial charge in [-0.15, -0.1) is 0 Å². The summed E-state index contributed by atoms with van der Waals surface area (Å²) in [6.45, 7) is 2.19. The van der Waals surface area contributed by atoms with E-state index >= 15 is 0 Å². The predicted molar refractivity (Wildman–Crippen MR) is 97.4 cm³/mol. The van der Waals surface area contributed by atoms with Crippen molar-refractivity contribution >= 4 is 23.1 Å². The van der Waals surface area contributed by atoms with Gasteiger partial charge in [-0.05, 0) is 41.6 Å². The van der Waals surface area contributed by atoms with E-state index in [9.17, 15) is 4.79 Å². The number of carbonyl (C=O) groups excluding carboxylic acids is 1. The largest absolute Gasteiger partial charge is 0.289 e. The first-order valence-corrected chi connectivity index (χ1v) is 8.90. The second-order valence-electron chi connectivity index (χ2n) is 5.13. The maximum absolute atomic E-state index is 12.4. The Bertz CT molecular complexity index is 602. The van der Waals surface area contributed by atoms with Gasteiger partial charge in [0.05, 0.1) is 0 Å². The fourth-order valence-corrected chi connectivity index (χ4v) is 3.08. The van der Waals surface area contributed by atoms with Crippen molar-refractivity contribution in [2.75, 3.05) is 11.5 Å². The van der Waals surface area contributed by atoms with Crippen molar-refractivity contribution in [3.63, 3.8) is 0 Å². The maximum atomic E-state index is 12.4. The van der Waals surface area contributed by atoms with E-state index in [0.29, 0.717) is 0 Å². The lowest BCUT2D eigenvalue weighted by atomic mass is 10.00. The molecule has 0 saturated heterocycles. The summed E-state index contributed by atoms with van der Waals surface area (Å²) < 4.78 is 0. The highest BCUT2D eigenvalue weighted by atomic mass is 32.2. The van der Waals surface area contributed by atoms with Gasteiger partial charge >= 0.3 is 0 Å². The fraction of sp³-hybridized carbons (Fsp3) is 0.250. The summed E-state index contributed by atoms with van der Waals surface area (Å²) >= 11 is 1.95. The molecule has 0 unspecified atom stereocenters. The molecule has 114 valence electrons. The molecule has 0 aliphatic rings. The van der Waals surface area contributed by atoms with Crippen LogP contribution in [0.4, 0.5) is 0 Å². The number of hydrogen-bond acceptors (Lipinski definition) is 2. The van der Waals surface area contributed by atoms with E-state index in [0.717, 1.165) is 28.9 Å². The van der Waals surface area contributed by atoms with Gasteiger partial charge in [-0.3, -0.25) is 4.79 Å². The average molecular weight is 310 g/mol. The fourth-order valence-electron chi connectivity index (χ4n) is 2.22. The lowest BCUT2D eigenvalue weighted by Crippen LogP contribution is -1.97. The van der Waals surface area contributed by atoms with Crippen molar-refractivity contribution in [1.82, 2.24) is 0 Å². The molecule has 0 N–H and O–H groups in total. The molecular weight excluding hydrogens is 288 g/mol. The average Bonchev–Trinajstić information content (AvgIpc) is 2.59. The van der Waals surface area contributed by atoms with Gasteiger partial charge < -0.3 is 0 Å². The van der Waals surface area contributed by atoms with Crippen LogP contribution < -0.4 is 0 Å². The third-order valence-corrected chi connectivity index (χ3v) is 4.56. The molecule has 0 heterocycles. The summed E-state index contributed by atoms with van der Waals surface area (Å²) in [5.74, 6) is 2.31. The third-order valence-electron chi connectivity index (χ3n) is 3.37. The van der Waals surface area contributed by atoms with Gasteiger partial charge in [0.15, 0.2) is 5.78 Å². The van der Waals surface area contributed by atoms with E-state index < -0.39 is 0 Å². The van der Waals surface area contributed by atoms with Gasteiger partial charge in [0.1, 0.15) is 0 Å². The zero-order valence-electron chi connectivity index (χ0n) is 13.0. The zero-order valence-corrected chi connectivity index (χ0v) is 13.8. The molecule has 2 aromatic carbocycles. The summed E-state index contributed by atoms with van der Waals surface area (Å²) in [5, 5.41) is 0. The summed E-state index contributed by atoms with van der Waals surface area (Å²) in [6.07, 6.45) is 3.92. The number of carbonyl (C=O) groups is 1. The normalized spacial score (nSPS) is 11.4. The van der Waals surface area contributed by atoms with Gasteiger partial charge in [0, 0.05) is 5.56 Å². The van der Waals surface area contributed by atoms with Gasteiger partial charge in [-0.25, -0.2) is 0 Å². The minimum atomic E-state index is 0.0833. The third kappa shape index (κ3) is 5.19. The van der Waals surface area contributed by atoms with E-state index in [1.54, 1.807) is 6.08 Å². The lowest BCUT2D eigenvalue weighted by molar-refractivity contribution is 0.104. The minimum absolute atomic E-state index is 0.0833. The Morgan fingerprint density at radius 1 is 0.909 bits per heavy atom. The second-order valence-corrected chi connectivity index (χ2v) is 6.35. The molecular formula is C20H22OS. The monoisotopic (exact) mass is 310 g/mol. The van der Waals surface area contributed by atoms with Crippen molar-refractivity contribution < 1.29 is 4.79 Å². The van der Waals surface area contributed by atoms with Crippen molar-refractivity contribution in [2.45, 2.75) is 19.8 Å². The van der Waals surface area contributed by atoms with Crippen molar-refractivity contribution in [1.29, 1.82) is 0 Å². The van der Waals surface area contributed by atoms with Crippen LogP contribution in [-0.4, -0.2) is 17.3 Å². The Morgan fingerprint density at radius 2 is 1.50 bits per heavy atom. The highest BCUT2D eigenvalue weighted by Crippen LogP contribution is 2.21. The first-order valence-electron chi connectivity index (χ1n) is 7.74. The SMILES string of the molecule is CCCSCC/C(=C/C(=O)c1ccccc1)c1ccccc1. The topological polar surface area (TPSA) is 17.1 Å². The molecule has 0 fully saturated rings. The predicted octanol–water partition coefficient (Wildman–Crippen LogP) is 5.49. The first-order chi connectivity index (χ1) is 10.8. The molecule has 0 aliphatic carbocycles. The van der Waals surface area contributed by atoms with Crippen LogP contribution in [-0.2, 0) is 0 Å². The van der Waals surface area contributed by atoms with E-state index in [-0.39, 0.29) is 5.78 Å². The Labute approximate surface area is 137 Å². The molecule has 0 amide bonds. The molecule has 2 aromatic rings. The number of hydrogen-bond donors (Lipinski definition) is 0. The molecule has 0 atom stereocenters. The number of rotatable bonds is 8. The van der Waals surface area contributed by atoms with Crippen molar-refractivity contribution in [3.05, 3.63) is 77.9 Å². The van der Waals surface area contributed by atoms with Crippen LogP contribution >= 0.6 is 11.8 Å². The molecule has 0 spiro atoms. The van der Waals surface area contributed by atoms with Crippen LogP contribution in [0.25, 0.3) is 5.57 Å². The number of allylic oxidation sites excluding steroid dienone is 2. The Balaban J connectivity index is 2.16. The van der Waals surface area contributed by atoms with Crippen LogP contribution in [0.15, 0.2) is 66.7 Å². The summed E-state index contributed by atoms with van der Waals surface area (Å²) in [6, 6.07) is 19.7. The van der Waals surface area contributed by atoms with E-state index in [1.165, 1.54) is 12.2 Å². The lowest BCUT2D eigenvalue weighted by Gasteiger charge is -2.08. The molecule has 0 bridgehead atoms. The first kappa shape index (κ1) is 16.6. The second kappa shape index (κ2) is 9.26. The summed E-state index contributed by atoms with van der Waals surface area (Å²) in [4.78, 5) is 12.4. The number of benzene rings is 2. The summed E-state index contributed by atoms with van der Waals surface area (Å²) in [5.41, 5.74) is 3.01. The van der Waals surface area contributed by atoms with Crippen molar-refractivity contribution in [2.24, 2.45) is 0 Å². The van der Waals surface area contributed by atoms with Crippen LogP contribution in [0.3, 0.4) is 0 Å². The standard InChI is InChI=1S/C20H22OS/c1-2-14-22-15-13-19(17-9-5-3-6-10-17)16-20(21)18-11-7-4-8-12-18/h3-12,16H,2,13-15H2,1H3/b19-16-. The van der Waals surface area contributed by atoms with Gasteiger partial charge in [-0.2, -0.15) is 11.8 Å². The molecule has 22 heavy (non-hydrogen) atoms. The van der Waals surface area contributed by atoms with E-state index in [4.69, 9.17) is 0 Å². The molecule has 1 nitrogen and oxygen atoms in total. The van der Waals surface area contributed by atoms with Crippen LogP contribution in [0.5, 0.6) is 0 Å². The smallest absolute Gasteiger partial charge is 0.186 e. The highest BCUT2D eigenvalue weighted by molar-refractivity contribution is 7.99. The van der Waals surface area contributed by atoms with E-state index in [2.05, 4.69) is 19.1 Å². The van der Waals surface area contributed by atoms with Crippen LogP contribution in [0.2, 0.25) is 0 Å². The number of thioether (sulfide) groups is 1. The number of ketones is 1. The van der Waals surface area contributed by atoms with E-state index in [1.807, 2.05) is 60.3 Å². The Morgan fingerprint density at radius 3 is 2.09 bits per heavy atom. The Hall–Kier alpha value is -1.80. The molecule has 0 aliphatic heterocycles. The zero-order chi connectivity index (χ0) is 15.6. The summed E-state index contributed by atoms with van der Waals surface area (Å²) in [7, 11) is 0. The minimum Gasteiger partial charge on any atom is -0.289 e. The molecule has 0 aromatic heterocycles. The molecule has 2 rings (SSSR count). The highest BCUT2D eigenvalue weighted by Gasteiger charge is 2.07. The van der Waals surface area contributed by atoms with Crippen LogP contribution in [0.1, 0.15) is 35.7 Å². The quantitative estimate of drug-likeness (QED) is 0.364. The van der Waals surface area contributed by atoms with Gasteiger partial charge in [-0.1, -0.05) is 67.6 Å². The Kier molecular flexibility index (Phi) is 6.98. The van der Waals surface area contributed by atoms with Gasteiger partial charge in [0.2, 0.25) is 0 Å². The van der Waals surface area contributed by atoms with Crippen molar-refractivity contribution in [3.8, 4) is 0 Å². The maximum Gasteiger partial charge on any atom is 0.186 e. The molecule has 2 heteroatoms. The molecule has 0 radical (unpaired) electrons.